The first-order valence-electron chi connectivity index (χ1n) is 8.94. The Kier molecular flexibility index (Phi) is 5.33. The maximum atomic E-state index is 11.4. The van der Waals surface area contributed by atoms with Crippen molar-refractivity contribution in [2.75, 3.05) is 0 Å². The second kappa shape index (κ2) is 8.22. The first-order chi connectivity index (χ1) is 14.2. The van der Waals surface area contributed by atoms with E-state index < -0.39 is 6.10 Å². The highest BCUT2D eigenvalue weighted by Gasteiger charge is 2.23. The first kappa shape index (κ1) is 18.8. The average Bonchev–Trinajstić information content (AvgIpc) is 3.43. The lowest BCUT2D eigenvalue weighted by Crippen LogP contribution is -2.26. The molecule has 4 rings (SSSR count). The lowest BCUT2D eigenvalue weighted by atomic mass is 9.97. The Morgan fingerprint density at radius 3 is 2.69 bits per heavy atom. The van der Waals surface area contributed by atoms with Gasteiger partial charge >= 0.3 is 0 Å². The fraction of sp³-hybridized carbons (Fsp3) is 0.0455. The third kappa shape index (κ3) is 3.73. The van der Waals surface area contributed by atoms with Crippen LogP contribution in [-0.4, -0.2) is 25.3 Å². The van der Waals surface area contributed by atoms with Crippen LogP contribution >= 0.6 is 11.3 Å². The van der Waals surface area contributed by atoms with Crippen molar-refractivity contribution in [1.82, 2.24) is 20.2 Å². The summed E-state index contributed by atoms with van der Waals surface area (Å²) in [4.78, 5) is 8.92. The van der Waals surface area contributed by atoms with Crippen molar-refractivity contribution in [3.05, 3.63) is 89.5 Å². The van der Waals surface area contributed by atoms with Gasteiger partial charge in [0.2, 0.25) is 0 Å². The van der Waals surface area contributed by atoms with E-state index in [-0.39, 0.29) is 0 Å². The molecule has 1 aromatic carbocycles. The van der Waals surface area contributed by atoms with Gasteiger partial charge in [0.25, 0.3) is 0 Å². The SMILES string of the molecule is C=c1cccc/c1=C(/C=C\N)C(O)c1cc(-c2ccncc2)sc1-c1nnc[nH]1. The van der Waals surface area contributed by atoms with Crippen molar-refractivity contribution in [3.8, 4) is 21.1 Å². The standard InChI is InChI=1S/C22H19N5OS/c1-14-4-2-3-5-16(14)17(6-9-23)20(28)18-12-19(15-7-10-24-11-8-15)29-21(18)22-25-13-26-27-22/h2-13,20,28H,1,23H2,(H,25,26,27)/b9-6-,17-16+. The number of rotatable bonds is 5. The van der Waals surface area contributed by atoms with Crippen LogP contribution in [0.1, 0.15) is 11.7 Å². The second-order valence-corrected chi connectivity index (χ2v) is 7.39. The van der Waals surface area contributed by atoms with Crippen LogP contribution in [0, 0.1) is 0 Å². The van der Waals surface area contributed by atoms with Crippen molar-refractivity contribution in [1.29, 1.82) is 0 Å². The van der Waals surface area contributed by atoms with Gasteiger partial charge in [0.1, 0.15) is 12.4 Å². The molecule has 0 saturated carbocycles. The molecule has 7 heteroatoms. The molecule has 3 heterocycles. The van der Waals surface area contributed by atoms with Crippen LogP contribution < -0.4 is 16.2 Å². The van der Waals surface area contributed by atoms with Crippen molar-refractivity contribution in [2.45, 2.75) is 6.10 Å². The molecular weight excluding hydrogens is 382 g/mol. The van der Waals surface area contributed by atoms with Crippen LogP contribution in [0.3, 0.4) is 0 Å². The van der Waals surface area contributed by atoms with Crippen LogP contribution in [0.25, 0.3) is 33.3 Å². The number of benzene rings is 1. The summed E-state index contributed by atoms with van der Waals surface area (Å²) < 4.78 is 0. The quantitative estimate of drug-likeness (QED) is 0.477. The first-order valence-corrected chi connectivity index (χ1v) is 9.75. The predicted octanol–water partition coefficient (Wildman–Crippen LogP) is 2.36. The molecule has 6 nitrogen and oxygen atoms in total. The fourth-order valence-electron chi connectivity index (χ4n) is 3.17. The monoisotopic (exact) mass is 401 g/mol. The molecule has 0 aliphatic rings. The van der Waals surface area contributed by atoms with E-state index in [2.05, 4.69) is 26.7 Å². The van der Waals surface area contributed by atoms with Gasteiger partial charge < -0.3 is 15.8 Å². The minimum absolute atomic E-state index is 0.600. The molecule has 4 aromatic rings. The molecule has 0 fully saturated rings. The summed E-state index contributed by atoms with van der Waals surface area (Å²) in [5.74, 6) is 0.600. The van der Waals surface area contributed by atoms with Crippen molar-refractivity contribution in [2.24, 2.45) is 5.73 Å². The van der Waals surface area contributed by atoms with Crippen LogP contribution in [0.2, 0.25) is 0 Å². The van der Waals surface area contributed by atoms with Crippen molar-refractivity contribution >= 4 is 23.5 Å². The molecular formula is C22H19N5OS. The highest BCUT2D eigenvalue weighted by atomic mass is 32.1. The summed E-state index contributed by atoms with van der Waals surface area (Å²) in [6, 6.07) is 13.5. The number of hydrogen-bond acceptors (Lipinski definition) is 6. The number of nitrogens with zero attached hydrogens (tertiary/aromatic N) is 3. The number of aromatic amines is 1. The molecule has 0 bridgehead atoms. The van der Waals surface area contributed by atoms with Gasteiger partial charge in [-0.3, -0.25) is 4.98 Å². The van der Waals surface area contributed by atoms with E-state index in [9.17, 15) is 5.11 Å². The van der Waals surface area contributed by atoms with E-state index in [4.69, 9.17) is 5.73 Å². The third-order valence-electron chi connectivity index (χ3n) is 4.55. The highest BCUT2D eigenvalue weighted by Crippen LogP contribution is 2.41. The summed E-state index contributed by atoms with van der Waals surface area (Å²) in [5, 5.41) is 21.1. The smallest absolute Gasteiger partial charge is 0.171 e. The Hall–Kier alpha value is -3.55. The van der Waals surface area contributed by atoms with Gasteiger partial charge in [0.15, 0.2) is 5.82 Å². The number of pyridine rings is 1. The number of hydrogen-bond donors (Lipinski definition) is 3. The van der Waals surface area contributed by atoms with E-state index in [1.165, 1.54) is 23.9 Å². The lowest BCUT2D eigenvalue weighted by Gasteiger charge is -2.13. The predicted molar refractivity (Wildman–Crippen MR) is 116 cm³/mol. The van der Waals surface area contributed by atoms with Crippen LogP contribution in [0.4, 0.5) is 0 Å². The molecule has 29 heavy (non-hydrogen) atoms. The summed E-state index contributed by atoms with van der Waals surface area (Å²) in [6.07, 6.45) is 7.22. The maximum absolute atomic E-state index is 11.4. The molecule has 1 unspecified atom stereocenters. The van der Waals surface area contributed by atoms with Crippen molar-refractivity contribution < 1.29 is 5.11 Å². The number of aliphatic hydroxyl groups is 1. The minimum atomic E-state index is -0.926. The molecule has 4 N–H and O–H groups in total. The maximum Gasteiger partial charge on any atom is 0.171 e. The van der Waals surface area contributed by atoms with Gasteiger partial charge in [0, 0.05) is 22.8 Å². The van der Waals surface area contributed by atoms with Gasteiger partial charge in [-0.25, -0.2) is 0 Å². The van der Waals surface area contributed by atoms with E-state index in [0.29, 0.717) is 11.4 Å². The molecule has 0 saturated heterocycles. The van der Waals surface area contributed by atoms with Crippen molar-refractivity contribution in [3.63, 3.8) is 0 Å². The summed E-state index contributed by atoms with van der Waals surface area (Å²) in [6.45, 7) is 4.09. The number of nitrogens with two attached hydrogens (primary N) is 1. The molecule has 0 aliphatic carbocycles. The topological polar surface area (TPSA) is 101 Å². The van der Waals surface area contributed by atoms with Gasteiger partial charge in [0.05, 0.1) is 4.88 Å². The summed E-state index contributed by atoms with van der Waals surface area (Å²) in [7, 11) is 0. The van der Waals surface area contributed by atoms with Gasteiger partial charge in [-0.05, 0) is 52.0 Å². The molecule has 1 atom stereocenters. The number of thiophene rings is 1. The molecule has 144 valence electrons. The van der Waals surface area contributed by atoms with Gasteiger partial charge in [-0.2, -0.15) is 0 Å². The van der Waals surface area contributed by atoms with E-state index in [1.807, 2.05) is 42.5 Å². The second-order valence-electron chi connectivity index (χ2n) is 6.34. The Bertz CT molecular complexity index is 1250. The molecule has 0 aliphatic heterocycles. The van der Waals surface area contributed by atoms with E-state index in [0.717, 1.165) is 31.3 Å². The third-order valence-corrected chi connectivity index (χ3v) is 5.76. The number of H-pyrrole nitrogens is 1. The number of aromatic nitrogens is 4. The summed E-state index contributed by atoms with van der Waals surface area (Å²) in [5.41, 5.74) is 8.09. The molecule has 0 radical (unpaired) electrons. The Balaban J connectivity index is 1.94. The zero-order chi connectivity index (χ0) is 20.2. The molecule has 0 spiro atoms. The zero-order valence-electron chi connectivity index (χ0n) is 15.5. The minimum Gasteiger partial charge on any atom is -0.405 e. The van der Waals surface area contributed by atoms with E-state index >= 15 is 0 Å². The largest absolute Gasteiger partial charge is 0.405 e. The van der Waals surface area contributed by atoms with Gasteiger partial charge in [-0.15, -0.1) is 21.5 Å². The summed E-state index contributed by atoms with van der Waals surface area (Å²) >= 11 is 1.53. The van der Waals surface area contributed by atoms with Crippen LogP contribution in [0.15, 0.2) is 73.5 Å². The highest BCUT2D eigenvalue weighted by molar-refractivity contribution is 7.19. The number of aliphatic hydroxyl groups excluding tert-OH is 1. The van der Waals surface area contributed by atoms with Crippen LogP contribution in [0.5, 0.6) is 0 Å². The molecule has 3 aromatic heterocycles. The Morgan fingerprint density at radius 2 is 2.00 bits per heavy atom. The Morgan fingerprint density at radius 1 is 1.21 bits per heavy atom. The zero-order valence-corrected chi connectivity index (χ0v) is 16.3. The lowest BCUT2D eigenvalue weighted by molar-refractivity contribution is 0.239. The normalized spacial score (nSPS) is 13.6. The Labute approximate surface area is 171 Å². The average molecular weight is 401 g/mol. The van der Waals surface area contributed by atoms with Gasteiger partial charge in [-0.1, -0.05) is 30.8 Å². The fourth-order valence-corrected chi connectivity index (χ4v) is 4.31. The number of nitrogens with one attached hydrogen (secondary N) is 1. The molecule has 0 amide bonds. The van der Waals surface area contributed by atoms with E-state index in [1.54, 1.807) is 18.5 Å². The van der Waals surface area contributed by atoms with Crippen LogP contribution in [-0.2, 0) is 0 Å².